The molecular formula is C11H14F6O. The lowest BCUT2D eigenvalue weighted by atomic mass is 9.62. The Morgan fingerprint density at radius 2 is 1.50 bits per heavy atom. The predicted octanol–water partition coefficient (Wildman–Crippen LogP) is 3.67. The van der Waals surface area contributed by atoms with Gasteiger partial charge in [0.15, 0.2) is 0 Å². The van der Waals surface area contributed by atoms with Crippen LogP contribution in [-0.2, 0) is 0 Å². The first-order valence-electron chi connectivity index (χ1n) is 5.79. The highest BCUT2D eigenvalue weighted by Gasteiger charge is 2.80. The minimum absolute atomic E-state index is 0.128. The van der Waals surface area contributed by atoms with Gasteiger partial charge in [0.2, 0.25) is 0 Å². The molecule has 2 unspecified atom stereocenters. The molecule has 3 atom stereocenters. The van der Waals surface area contributed by atoms with Gasteiger partial charge in [0.1, 0.15) is 0 Å². The molecule has 7 heteroatoms. The van der Waals surface area contributed by atoms with Gasteiger partial charge in [0.25, 0.3) is 5.60 Å². The molecule has 1 nitrogen and oxygen atoms in total. The van der Waals surface area contributed by atoms with Gasteiger partial charge in [-0.3, -0.25) is 0 Å². The fourth-order valence-corrected chi connectivity index (χ4v) is 3.86. The van der Waals surface area contributed by atoms with Gasteiger partial charge >= 0.3 is 12.4 Å². The van der Waals surface area contributed by atoms with Gasteiger partial charge in [0, 0.05) is 5.41 Å². The fourth-order valence-electron chi connectivity index (χ4n) is 3.86. The molecule has 2 fully saturated rings. The standard InChI is InChI=1S/C11H14F6O/c1-8(5-6-2-3-7(8)4-6)9(18,10(12,13)14)11(15,16)17/h6-7,18H,2-5H2,1H3/t6?,7?,8-/m0/s1. The summed E-state index contributed by atoms with van der Waals surface area (Å²) in [6.07, 6.45) is -10.3. The molecule has 0 spiro atoms. The summed E-state index contributed by atoms with van der Waals surface area (Å²) < 4.78 is 77.1. The first kappa shape index (κ1) is 14.0. The molecule has 0 aromatic rings. The lowest BCUT2D eigenvalue weighted by Crippen LogP contribution is -2.67. The molecule has 0 aliphatic heterocycles. The molecule has 0 amide bonds. The van der Waals surface area contributed by atoms with Crippen molar-refractivity contribution in [3.8, 4) is 0 Å². The summed E-state index contributed by atoms with van der Waals surface area (Å²) in [5.41, 5.74) is -6.76. The third-order valence-electron chi connectivity index (χ3n) is 4.80. The van der Waals surface area contributed by atoms with Crippen LogP contribution in [0.4, 0.5) is 26.3 Å². The van der Waals surface area contributed by atoms with Crippen molar-refractivity contribution in [3.05, 3.63) is 0 Å². The van der Waals surface area contributed by atoms with E-state index in [4.69, 9.17) is 0 Å². The Bertz CT molecular complexity index is 332. The van der Waals surface area contributed by atoms with E-state index in [0.717, 1.165) is 6.92 Å². The Morgan fingerprint density at radius 1 is 1.00 bits per heavy atom. The summed E-state index contributed by atoms with van der Waals surface area (Å²) in [7, 11) is 0. The Kier molecular flexibility index (Phi) is 2.75. The zero-order valence-corrected chi connectivity index (χ0v) is 9.70. The molecule has 2 bridgehead atoms. The van der Waals surface area contributed by atoms with Gasteiger partial charge in [-0.15, -0.1) is 0 Å². The van der Waals surface area contributed by atoms with Crippen molar-refractivity contribution in [2.45, 2.75) is 50.6 Å². The Balaban J connectivity index is 2.49. The number of halogens is 6. The van der Waals surface area contributed by atoms with Crippen molar-refractivity contribution in [3.63, 3.8) is 0 Å². The summed E-state index contributed by atoms with van der Waals surface area (Å²) in [6.45, 7) is 0.928. The first-order chi connectivity index (χ1) is 7.93. The first-order valence-corrected chi connectivity index (χ1v) is 5.79. The molecule has 1 N–H and O–H groups in total. The number of aliphatic hydroxyl groups is 1. The lowest BCUT2D eigenvalue weighted by Gasteiger charge is -2.48. The summed E-state index contributed by atoms with van der Waals surface area (Å²) >= 11 is 0. The van der Waals surface area contributed by atoms with Crippen LogP contribution in [0.2, 0.25) is 0 Å². The molecule has 0 aromatic heterocycles. The van der Waals surface area contributed by atoms with E-state index in [9.17, 15) is 31.4 Å². The monoisotopic (exact) mass is 276 g/mol. The molecule has 106 valence electrons. The maximum absolute atomic E-state index is 12.9. The molecule has 0 saturated heterocycles. The van der Waals surface area contributed by atoms with Crippen molar-refractivity contribution in [2.75, 3.05) is 0 Å². The maximum Gasteiger partial charge on any atom is 0.426 e. The largest absolute Gasteiger partial charge is 0.426 e. The second-order valence-corrected chi connectivity index (χ2v) is 5.70. The molecular weight excluding hydrogens is 262 g/mol. The van der Waals surface area contributed by atoms with Crippen molar-refractivity contribution in [2.24, 2.45) is 17.3 Å². The highest BCUT2D eigenvalue weighted by molar-refractivity contribution is 5.14. The van der Waals surface area contributed by atoms with Crippen LogP contribution in [0.3, 0.4) is 0 Å². The van der Waals surface area contributed by atoms with E-state index >= 15 is 0 Å². The van der Waals surface area contributed by atoms with Crippen molar-refractivity contribution in [1.29, 1.82) is 0 Å². The van der Waals surface area contributed by atoms with Crippen molar-refractivity contribution >= 4 is 0 Å². The molecule has 18 heavy (non-hydrogen) atoms. The fraction of sp³-hybridized carbons (Fsp3) is 1.00. The van der Waals surface area contributed by atoms with Crippen molar-refractivity contribution in [1.82, 2.24) is 0 Å². The molecule has 0 radical (unpaired) electrons. The van der Waals surface area contributed by atoms with E-state index < -0.39 is 29.3 Å². The van der Waals surface area contributed by atoms with Crippen LogP contribution in [0, 0.1) is 17.3 Å². The zero-order chi connectivity index (χ0) is 14.0. The Labute approximate surface area is 100 Å². The van der Waals surface area contributed by atoms with Crippen LogP contribution >= 0.6 is 0 Å². The SMILES string of the molecule is C[C@]1(C(O)(C(F)(F)F)C(F)(F)F)CC2CCC1C2. The second-order valence-electron chi connectivity index (χ2n) is 5.70. The summed E-state index contributed by atoms with van der Waals surface area (Å²) in [4.78, 5) is 0. The topological polar surface area (TPSA) is 20.2 Å². The van der Waals surface area contributed by atoms with E-state index in [1.54, 1.807) is 0 Å². The van der Waals surface area contributed by atoms with E-state index in [2.05, 4.69) is 0 Å². The average Bonchev–Trinajstić information content (AvgIpc) is 2.72. The van der Waals surface area contributed by atoms with Crippen LogP contribution < -0.4 is 0 Å². The van der Waals surface area contributed by atoms with Crippen LogP contribution in [0.5, 0.6) is 0 Å². The molecule has 2 aliphatic carbocycles. The Morgan fingerprint density at radius 3 is 1.78 bits per heavy atom. The smallest absolute Gasteiger partial charge is 0.373 e. The maximum atomic E-state index is 12.9. The van der Waals surface area contributed by atoms with Gasteiger partial charge in [-0.1, -0.05) is 13.3 Å². The van der Waals surface area contributed by atoms with Gasteiger partial charge in [-0.25, -0.2) is 0 Å². The normalized spacial score (nSPS) is 37.3. The van der Waals surface area contributed by atoms with Crippen LogP contribution in [0.15, 0.2) is 0 Å². The number of alkyl halides is 6. The van der Waals surface area contributed by atoms with Gasteiger partial charge in [-0.05, 0) is 31.1 Å². The summed E-state index contributed by atoms with van der Waals surface area (Å²) in [5.74, 6) is -0.841. The summed E-state index contributed by atoms with van der Waals surface area (Å²) in [5, 5.41) is 9.52. The summed E-state index contributed by atoms with van der Waals surface area (Å²) in [6, 6.07) is 0. The van der Waals surface area contributed by atoms with E-state index in [-0.39, 0.29) is 12.3 Å². The molecule has 0 aromatic carbocycles. The predicted molar refractivity (Wildman–Crippen MR) is 50.6 cm³/mol. The van der Waals surface area contributed by atoms with Crippen LogP contribution in [0.25, 0.3) is 0 Å². The number of fused-ring (bicyclic) bond motifs is 2. The van der Waals surface area contributed by atoms with Gasteiger partial charge < -0.3 is 5.11 Å². The van der Waals surface area contributed by atoms with E-state index in [1.807, 2.05) is 0 Å². The second kappa shape index (κ2) is 3.55. The minimum atomic E-state index is -5.70. The third kappa shape index (κ3) is 1.52. The van der Waals surface area contributed by atoms with Gasteiger partial charge in [0.05, 0.1) is 0 Å². The van der Waals surface area contributed by atoms with E-state index in [1.165, 1.54) is 0 Å². The highest BCUT2D eigenvalue weighted by Crippen LogP contribution is 2.66. The highest BCUT2D eigenvalue weighted by atomic mass is 19.4. The quantitative estimate of drug-likeness (QED) is 0.724. The zero-order valence-electron chi connectivity index (χ0n) is 9.70. The van der Waals surface area contributed by atoms with Gasteiger partial charge in [-0.2, -0.15) is 26.3 Å². The molecule has 2 aliphatic rings. The third-order valence-corrected chi connectivity index (χ3v) is 4.80. The van der Waals surface area contributed by atoms with Crippen molar-refractivity contribution < 1.29 is 31.4 Å². The molecule has 2 rings (SSSR count). The number of hydrogen-bond donors (Lipinski definition) is 1. The minimum Gasteiger partial charge on any atom is -0.373 e. The lowest BCUT2D eigenvalue weighted by molar-refractivity contribution is -0.407. The Hall–Kier alpha value is -0.460. The van der Waals surface area contributed by atoms with Crippen LogP contribution in [0.1, 0.15) is 32.6 Å². The number of hydrogen-bond acceptors (Lipinski definition) is 1. The average molecular weight is 276 g/mol. The number of rotatable bonds is 1. The van der Waals surface area contributed by atoms with E-state index in [0.29, 0.717) is 19.3 Å². The molecule has 2 saturated carbocycles. The van der Waals surface area contributed by atoms with Crippen LogP contribution in [-0.4, -0.2) is 23.1 Å². The molecule has 0 heterocycles.